The Bertz CT molecular complexity index is 599. The van der Waals surface area contributed by atoms with Gasteiger partial charge in [-0.05, 0) is 66.2 Å². The number of carbonyl (C=O) groups is 1. The zero-order valence-electron chi connectivity index (χ0n) is 17.1. The van der Waals surface area contributed by atoms with Crippen LogP contribution in [0.4, 0.5) is 26.3 Å². The van der Waals surface area contributed by atoms with Crippen molar-refractivity contribution in [2.75, 3.05) is 0 Å². The predicted octanol–water partition coefficient (Wildman–Crippen LogP) is 5.09. The van der Waals surface area contributed by atoms with Gasteiger partial charge in [-0.1, -0.05) is 6.58 Å². The molecule has 0 atom stereocenters. The van der Waals surface area contributed by atoms with Gasteiger partial charge in [-0.15, -0.1) is 0 Å². The summed E-state index contributed by atoms with van der Waals surface area (Å²) < 4.78 is 90.0. The van der Waals surface area contributed by atoms with Gasteiger partial charge in [0, 0.05) is 5.57 Å². The molecule has 4 nitrogen and oxygen atoms in total. The molecular formula is C19H28F6O4. The van der Waals surface area contributed by atoms with E-state index >= 15 is 0 Å². The molecule has 0 heterocycles. The Hall–Kier alpha value is -1.29. The first kappa shape index (κ1) is 25.7. The number of carbonyl (C=O) groups excluding carboxylic acids is 1. The monoisotopic (exact) mass is 434 g/mol. The minimum absolute atomic E-state index is 0.233. The molecule has 1 N–H and O–H groups in total. The Labute approximate surface area is 166 Å². The van der Waals surface area contributed by atoms with Gasteiger partial charge in [-0.3, -0.25) is 0 Å². The lowest BCUT2D eigenvalue weighted by molar-refractivity contribution is -0.421. The molecule has 170 valence electrons. The van der Waals surface area contributed by atoms with Gasteiger partial charge in [0.25, 0.3) is 5.60 Å². The predicted molar refractivity (Wildman–Crippen MR) is 93.0 cm³/mol. The second kappa shape index (κ2) is 8.09. The molecule has 0 aromatic heterocycles. The van der Waals surface area contributed by atoms with E-state index in [-0.39, 0.29) is 5.57 Å². The first-order chi connectivity index (χ1) is 12.8. The number of alkyl halides is 6. The summed E-state index contributed by atoms with van der Waals surface area (Å²) >= 11 is 0. The molecule has 0 amide bonds. The Balaban J connectivity index is 2.96. The molecule has 0 spiro atoms. The highest BCUT2D eigenvalue weighted by molar-refractivity contribution is 5.87. The summed E-state index contributed by atoms with van der Waals surface area (Å²) in [6.07, 6.45) is -10.9. The van der Waals surface area contributed by atoms with Gasteiger partial charge < -0.3 is 14.6 Å². The summed E-state index contributed by atoms with van der Waals surface area (Å²) in [4.78, 5) is 11.6. The SMILES string of the molecule is C=C(C)C(=O)OC1CCC(C(C)(C)OC(C)(C)C(O)(C(F)(F)F)C(F)(F)F)CC1. The molecule has 0 aliphatic heterocycles. The van der Waals surface area contributed by atoms with Crippen molar-refractivity contribution in [2.45, 2.75) is 95.6 Å². The van der Waals surface area contributed by atoms with Crippen LogP contribution in [0, 0.1) is 5.92 Å². The minimum Gasteiger partial charge on any atom is -0.459 e. The van der Waals surface area contributed by atoms with Crippen molar-refractivity contribution in [1.29, 1.82) is 0 Å². The highest BCUT2D eigenvalue weighted by atomic mass is 19.4. The van der Waals surface area contributed by atoms with Crippen LogP contribution < -0.4 is 0 Å². The molecule has 1 aliphatic carbocycles. The van der Waals surface area contributed by atoms with E-state index in [0.717, 1.165) is 0 Å². The quantitative estimate of drug-likeness (QED) is 0.359. The Morgan fingerprint density at radius 1 is 0.931 bits per heavy atom. The fourth-order valence-electron chi connectivity index (χ4n) is 3.79. The molecule has 0 radical (unpaired) electrons. The van der Waals surface area contributed by atoms with Crippen LogP contribution in [0.3, 0.4) is 0 Å². The van der Waals surface area contributed by atoms with E-state index in [4.69, 9.17) is 9.47 Å². The Morgan fingerprint density at radius 2 is 1.34 bits per heavy atom. The van der Waals surface area contributed by atoms with Crippen LogP contribution >= 0.6 is 0 Å². The molecule has 1 aliphatic rings. The first-order valence-corrected chi connectivity index (χ1v) is 9.18. The summed E-state index contributed by atoms with van der Waals surface area (Å²) in [6, 6.07) is 0. The fraction of sp³-hybridized carbons (Fsp3) is 0.842. The van der Waals surface area contributed by atoms with Crippen LogP contribution in [0.15, 0.2) is 12.2 Å². The van der Waals surface area contributed by atoms with Crippen LogP contribution in [-0.2, 0) is 14.3 Å². The lowest BCUT2D eigenvalue weighted by Crippen LogP contribution is -2.71. The Kier molecular flexibility index (Phi) is 7.18. The third kappa shape index (κ3) is 5.25. The van der Waals surface area contributed by atoms with Gasteiger partial charge in [-0.25, -0.2) is 4.79 Å². The van der Waals surface area contributed by atoms with Crippen molar-refractivity contribution < 1.29 is 45.7 Å². The molecule has 0 bridgehead atoms. The van der Waals surface area contributed by atoms with Gasteiger partial charge in [0.1, 0.15) is 11.7 Å². The van der Waals surface area contributed by atoms with Crippen molar-refractivity contribution in [3.05, 3.63) is 12.2 Å². The number of aliphatic hydroxyl groups is 1. The van der Waals surface area contributed by atoms with Crippen molar-refractivity contribution in [3.63, 3.8) is 0 Å². The van der Waals surface area contributed by atoms with Crippen LogP contribution in [-0.4, -0.2) is 46.3 Å². The zero-order valence-corrected chi connectivity index (χ0v) is 17.1. The molecular weight excluding hydrogens is 406 g/mol. The molecule has 29 heavy (non-hydrogen) atoms. The summed E-state index contributed by atoms with van der Waals surface area (Å²) in [6.45, 7) is 8.92. The van der Waals surface area contributed by atoms with Crippen LogP contribution in [0.5, 0.6) is 0 Å². The number of esters is 1. The minimum atomic E-state index is -5.99. The number of hydrogen-bond donors (Lipinski definition) is 1. The third-order valence-electron chi connectivity index (χ3n) is 5.49. The van der Waals surface area contributed by atoms with Gasteiger partial charge in [-0.2, -0.15) is 26.3 Å². The van der Waals surface area contributed by atoms with Crippen molar-refractivity contribution in [2.24, 2.45) is 5.92 Å². The topological polar surface area (TPSA) is 55.8 Å². The largest absolute Gasteiger partial charge is 0.459 e. The maximum Gasteiger partial charge on any atom is 0.429 e. The van der Waals surface area contributed by atoms with E-state index in [2.05, 4.69) is 6.58 Å². The maximum absolute atomic E-state index is 13.2. The van der Waals surface area contributed by atoms with Crippen LogP contribution in [0.1, 0.15) is 60.3 Å². The number of hydrogen-bond acceptors (Lipinski definition) is 4. The van der Waals surface area contributed by atoms with E-state index in [1.54, 1.807) is 0 Å². The third-order valence-corrected chi connectivity index (χ3v) is 5.49. The standard InChI is InChI=1S/C19H28F6O4/c1-11(2)14(26)28-13-9-7-12(8-10-13)15(3,4)29-16(5,6)17(27,18(20,21)22)19(23,24)25/h12-13,27H,1,7-10H2,2-6H3. The van der Waals surface area contributed by atoms with Crippen LogP contribution in [0.25, 0.3) is 0 Å². The number of rotatable bonds is 6. The second-order valence-corrected chi connectivity index (χ2v) is 8.58. The molecule has 1 fully saturated rings. The van der Waals surface area contributed by atoms with Gasteiger partial charge in [0.15, 0.2) is 0 Å². The molecule has 1 saturated carbocycles. The average Bonchev–Trinajstić information content (AvgIpc) is 2.51. The molecule has 0 aromatic rings. The fourth-order valence-corrected chi connectivity index (χ4v) is 3.79. The van der Waals surface area contributed by atoms with E-state index in [9.17, 15) is 36.2 Å². The summed E-state index contributed by atoms with van der Waals surface area (Å²) in [5.41, 5.74) is -9.22. The van der Waals surface area contributed by atoms with Crippen LogP contribution in [0.2, 0.25) is 0 Å². The molecule has 1 rings (SSSR count). The first-order valence-electron chi connectivity index (χ1n) is 9.18. The average molecular weight is 434 g/mol. The lowest BCUT2D eigenvalue weighted by Gasteiger charge is -2.49. The highest BCUT2D eigenvalue weighted by Gasteiger charge is 2.78. The smallest absolute Gasteiger partial charge is 0.429 e. The lowest BCUT2D eigenvalue weighted by atomic mass is 9.76. The molecule has 0 saturated heterocycles. The zero-order chi connectivity index (χ0) is 23.1. The highest BCUT2D eigenvalue weighted by Crippen LogP contribution is 2.52. The molecule has 10 heteroatoms. The summed E-state index contributed by atoms with van der Waals surface area (Å²) in [5.74, 6) is -0.946. The van der Waals surface area contributed by atoms with Gasteiger partial charge >= 0.3 is 18.3 Å². The molecule has 0 unspecified atom stereocenters. The molecule has 0 aromatic carbocycles. The van der Waals surface area contributed by atoms with Crippen molar-refractivity contribution >= 4 is 5.97 Å². The number of halogens is 6. The second-order valence-electron chi connectivity index (χ2n) is 8.58. The van der Waals surface area contributed by atoms with E-state index in [1.165, 1.54) is 20.8 Å². The summed E-state index contributed by atoms with van der Waals surface area (Å²) in [5, 5.41) is 9.73. The number of ether oxygens (including phenoxy) is 2. The van der Waals surface area contributed by atoms with E-state index in [1.807, 2.05) is 0 Å². The van der Waals surface area contributed by atoms with E-state index < -0.39 is 47.1 Å². The maximum atomic E-state index is 13.2. The Morgan fingerprint density at radius 3 is 1.69 bits per heavy atom. The van der Waals surface area contributed by atoms with Crippen molar-refractivity contribution in [3.8, 4) is 0 Å². The van der Waals surface area contributed by atoms with Gasteiger partial charge in [0.2, 0.25) is 0 Å². The van der Waals surface area contributed by atoms with Gasteiger partial charge in [0.05, 0.1) is 5.60 Å². The normalized spacial score (nSPS) is 22.3. The van der Waals surface area contributed by atoms with E-state index in [0.29, 0.717) is 39.5 Å². The summed E-state index contributed by atoms with van der Waals surface area (Å²) in [7, 11) is 0. The van der Waals surface area contributed by atoms with Crippen molar-refractivity contribution in [1.82, 2.24) is 0 Å².